The Bertz CT molecular complexity index is 1300. The average molecular weight is 535 g/mol. The molecule has 3 aromatic carbocycles. The summed E-state index contributed by atoms with van der Waals surface area (Å²) in [5.74, 6) is -1.99. The highest BCUT2D eigenvalue weighted by molar-refractivity contribution is 5.95. The van der Waals surface area contributed by atoms with Gasteiger partial charge in [0.25, 0.3) is 5.91 Å². The third kappa shape index (κ3) is 7.19. The van der Waals surface area contributed by atoms with E-state index in [1.807, 2.05) is 12.1 Å². The Hall–Kier alpha value is -4.27. The molecule has 1 heterocycles. The van der Waals surface area contributed by atoms with Crippen molar-refractivity contribution in [2.75, 3.05) is 42.9 Å². The quantitative estimate of drug-likeness (QED) is 0.460. The van der Waals surface area contributed by atoms with Crippen LogP contribution in [-0.4, -0.2) is 60.2 Å². The Balaban J connectivity index is 1.32. The number of anilines is 2. The predicted octanol–water partition coefficient (Wildman–Crippen LogP) is 4.55. The van der Waals surface area contributed by atoms with Crippen LogP contribution < -0.4 is 10.2 Å². The molecule has 39 heavy (non-hydrogen) atoms. The number of hydrogen-bond donors (Lipinski definition) is 1. The third-order valence-corrected chi connectivity index (χ3v) is 6.61. The van der Waals surface area contributed by atoms with E-state index in [0.717, 1.165) is 11.3 Å². The molecule has 0 spiro atoms. The number of hydrogen-bond acceptors (Lipinski definition) is 4. The maximum Gasteiger partial charge on any atom is 0.256 e. The number of piperazine rings is 1. The first-order chi connectivity index (χ1) is 18.7. The molecule has 3 amide bonds. The van der Waals surface area contributed by atoms with Crippen molar-refractivity contribution in [3.63, 3.8) is 0 Å². The molecule has 1 aliphatic rings. The zero-order valence-electron chi connectivity index (χ0n) is 22.1. The van der Waals surface area contributed by atoms with Gasteiger partial charge in [-0.1, -0.05) is 38.1 Å². The molecule has 204 valence electrons. The number of carbonyl (C=O) groups excluding carboxylic acids is 3. The van der Waals surface area contributed by atoms with Gasteiger partial charge in [0.05, 0.1) is 5.56 Å². The van der Waals surface area contributed by atoms with E-state index >= 15 is 0 Å². The first kappa shape index (κ1) is 27.8. The van der Waals surface area contributed by atoms with E-state index < -0.39 is 5.82 Å². The average Bonchev–Trinajstić information content (AvgIpc) is 2.94. The Morgan fingerprint density at radius 1 is 0.872 bits per heavy atom. The maximum absolute atomic E-state index is 14.0. The summed E-state index contributed by atoms with van der Waals surface area (Å²) in [5.41, 5.74) is 2.35. The van der Waals surface area contributed by atoms with Crippen LogP contribution in [0, 0.1) is 17.6 Å². The van der Waals surface area contributed by atoms with Crippen LogP contribution in [0.15, 0.2) is 72.8 Å². The number of amides is 3. The number of benzene rings is 3. The number of nitrogens with one attached hydrogen (secondary N) is 1. The summed E-state index contributed by atoms with van der Waals surface area (Å²) < 4.78 is 27.3. The van der Waals surface area contributed by atoms with Crippen LogP contribution in [-0.2, 0) is 16.1 Å². The number of rotatable bonds is 8. The molecule has 0 aliphatic carbocycles. The molecule has 1 aliphatic heterocycles. The summed E-state index contributed by atoms with van der Waals surface area (Å²) >= 11 is 0. The first-order valence-corrected chi connectivity index (χ1v) is 12.9. The van der Waals surface area contributed by atoms with Gasteiger partial charge >= 0.3 is 0 Å². The van der Waals surface area contributed by atoms with E-state index in [4.69, 9.17) is 0 Å². The molecule has 0 unspecified atom stereocenters. The van der Waals surface area contributed by atoms with Crippen molar-refractivity contribution in [1.29, 1.82) is 0 Å². The normalized spacial score (nSPS) is 13.4. The van der Waals surface area contributed by atoms with E-state index in [-0.39, 0.29) is 48.1 Å². The summed E-state index contributed by atoms with van der Waals surface area (Å²) in [6, 6.07) is 19.2. The molecule has 1 saturated heterocycles. The second kappa shape index (κ2) is 12.5. The van der Waals surface area contributed by atoms with Crippen molar-refractivity contribution >= 4 is 29.1 Å². The minimum Gasteiger partial charge on any atom is -0.368 e. The van der Waals surface area contributed by atoms with Crippen molar-refractivity contribution in [1.82, 2.24) is 9.80 Å². The minimum atomic E-state index is -0.519. The van der Waals surface area contributed by atoms with Gasteiger partial charge in [0.1, 0.15) is 18.2 Å². The lowest BCUT2D eigenvalue weighted by Gasteiger charge is -2.36. The lowest BCUT2D eigenvalue weighted by molar-refractivity contribution is -0.138. The highest BCUT2D eigenvalue weighted by Crippen LogP contribution is 2.21. The van der Waals surface area contributed by atoms with Crippen molar-refractivity contribution in [3.05, 3.63) is 95.6 Å². The third-order valence-electron chi connectivity index (χ3n) is 6.61. The largest absolute Gasteiger partial charge is 0.368 e. The van der Waals surface area contributed by atoms with Gasteiger partial charge in [0, 0.05) is 50.0 Å². The predicted molar refractivity (Wildman–Crippen MR) is 146 cm³/mol. The Morgan fingerprint density at radius 2 is 1.51 bits per heavy atom. The smallest absolute Gasteiger partial charge is 0.256 e. The van der Waals surface area contributed by atoms with Gasteiger partial charge in [-0.05, 0) is 54.1 Å². The highest BCUT2D eigenvalue weighted by Gasteiger charge is 2.24. The molecule has 1 N–H and O–H groups in total. The summed E-state index contributed by atoms with van der Waals surface area (Å²) in [6.45, 7) is 5.75. The Morgan fingerprint density at radius 3 is 2.13 bits per heavy atom. The van der Waals surface area contributed by atoms with Crippen LogP contribution in [0.5, 0.6) is 0 Å². The number of carbonyl (C=O) groups is 3. The Kier molecular flexibility index (Phi) is 8.91. The van der Waals surface area contributed by atoms with Crippen LogP contribution in [0.4, 0.5) is 20.2 Å². The van der Waals surface area contributed by atoms with E-state index in [1.54, 1.807) is 55.1 Å². The SMILES string of the molecule is CC(C)C(=O)N(CC(=O)Nc1ccc(N2CCN(C(=O)c3ccccc3F)CC2)cc1)Cc1ccc(F)cc1. The van der Waals surface area contributed by atoms with Crippen molar-refractivity contribution < 1.29 is 23.2 Å². The van der Waals surface area contributed by atoms with Gasteiger partial charge in [-0.3, -0.25) is 14.4 Å². The van der Waals surface area contributed by atoms with Gasteiger partial charge in [-0.2, -0.15) is 0 Å². The second-order valence-corrected chi connectivity index (χ2v) is 9.83. The molecule has 0 atom stereocenters. The summed E-state index contributed by atoms with van der Waals surface area (Å²) in [7, 11) is 0. The highest BCUT2D eigenvalue weighted by atomic mass is 19.1. The molecule has 1 fully saturated rings. The van der Waals surface area contributed by atoms with Crippen LogP contribution in [0.25, 0.3) is 0 Å². The van der Waals surface area contributed by atoms with E-state index in [2.05, 4.69) is 10.2 Å². The van der Waals surface area contributed by atoms with Crippen molar-refractivity contribution in [2.45, 2.75) is 20.4 Å². The number of nitrogens with zero attached hydrogens (tertiary/aromatic N) is 3. The van der Waals surface area contributed by atoms with Gasteiger partial charge in [-0.15, -0.1) is 0 Å². The van der Waals surface area contributed by atoms with Gasteiger partial charge in [-0.25, -0.2) is 8.78 Å². The zero-order chi connectivity index (χ0) is 27.9. The lowest BCUT2D eigenvalue weighted by atomic mass is 10.1. The first-order valence-electron chi connectivity index (χ1n) is 12.9. The lowest BCUT2D eigenvalue weighted by Crippen LogP contribution is -2.49. The second-order valence-electron chi connectivity index (χ2n) is 9.83. The maximum atomic E-state index is 14.0. The molecule has 0 saturated carbocycles. The van der Waals surface area contributed by atoms with Crippen molar-refractivity contribution in [3.8, 4) is 0 Å². The molecule has 4 rings (SSSR count). The minimum absolute atomic E-state index is 0.0809. The molecular formula is C30H32F2N4O3. The van der Waals surface area contributed by atoms with E-state index in [9.17, 15) is 23.2 Å². The van der Waals surface area contributed by atoms with E-state index in [0.29, 0.717) is 31.9 Å². The fourth-order valence-corrected chi connectivity index (χ4v) is 4.49. The van der Waals surface area contributed by atoms with Gasteiger partial charge in [0.2, 0.25) is 11.8 Å². The Labute approximate surface area is 227 Å². The summed E-state index contributed by atoms with van der Waals surface area (Å²) in [4.78, 5) is 43.4. The van der Waals surface area contributed by atoms with Gasteiger partial charge in [0.15, 0.2) is 0 Å². The van der Waals surface area contributed by atoms with Crippen LogP contribution in [0.2, 0.25) is 0 Å². The molecule has 0 aromatic heterocycles. The summed E-state index contributed by atoms with van der Waals surface area (Å²) in [5, 5.41) is 2.84. The van der Waals surface area contributed by atoms with Crippen LogP contribution in [0.3, 0.4) is 0 Å². The van der Waals surface area contributed by atoms with Crippen LogP contribution in [0.1, 0.15) is 29.8 Å². The molecule has 7 nitrogen and oxygen atoms in total. The molecule has 3 aromatic rings. The van der Waals surface area contributed by atoms with Crippen molar-refractivity contribution in [2.24, 2.45) is 5.92 Å². The molecule has 0 bridgehead atoms. The summed E-state index contributed by atoms with van der Waals surface area (Å²) in [6.07, 6.45) is 0. The van der Waals surface area contributed by atoms with Crippen LogP contribution >= 0.6 is 0 Å². The molecule has 9 heteroatoms. The topological polar surface area (TPSA) is 73.0 Å². The monoisotopic (exact) mass is 534 g/mol. The fourth-order valence-electron chi connectivity index (χ4n) is 4.49. The molecular weight excluding hydrogens is 502 g/mol. The van der Waals surface area contributed by atoms with E-state index in [1.165, 1.54) is 29.2 Å². The zero-order valence-corrected chi connectivity index (χ0v) is 22.1. The standard InChI is InChI=1S/C30H32F2N4O3/c1-21(2)29(38)36(19-22-7-9-23(31)10-8-22)20-28(37)33-24-11-13-25(14-12-24)34-15-17-35(18-16-34)30(39)26-5-3-4-6-27(26)32/h3-14,21H,15-20H2,1-2H3,(H,33,37). The fraction of sp³-hybridized carbons (Fsp3) is 0.300. The van der Waals surface area contributed by atoms with Gasteiger partial charge < -0.3 is 20.0 Å². The number of halogens is 2. The molecule has 0 radical (unpaired) electrons.